The lowest BCUT2D eigenvalue weighted by Gasteiger charge is -2.43. The zero-order chi connectivity index (χ0) is 14.8. The Hall–Kier alpha value is -1.91. The summed E-state index contributed by atoms with van der Waals surface area (Å²) in [7, 11) is 0. The highest BCUT2D eigenvalue weighted by molar-refractivity contribution is 5.90. The topological polar surface area (TPSA) is 67.6 Å². The number of nitrogen functional groups attached to an aromatic ring is 1. The van der Waals surface area contributed by atoms with Crippen LogP contribution in [0.5, 0.6) is 5.75 Å². The van der Waals surface area contributed by atoms with Crippen LogP contribution in [-0.4, -0.2) is 31.1 Å². The molecule has 1 saturated heterocycles. The Morgan fingerprint density at radius 3 is 2.90 bits per heavy atom. The maximum Gasteiger partial charge on any atom is 0.245 e. The Morgan fingerprint density at radius 1 is 1.45 bits per heavy atom. The number of nitrogens with two attached hydrogens (primary N) is 1. The lowest BCUT2D eigenvalue weighted by atomic mass is 9.98. The Balaban J connectivity index is 2.30. The summed E-state index contributed by atoms with van der Waals surface area (Å²) in [5.74, 6) is 0.725. The van der Waals surface area contributed by atoms with E-state index >= 15 is 0 Å². The van der Waals surface area contributed by atoms with Crippen molar-refractivity contribution >= 4 is 17.3 Å². The molecule has 0 bridgehead atoms. The molecule has 0 aromatic heterocycles. The normalized spacial score (nSPS) is 17.8. The molecule has 1 aliphatic heterocycles. The molecule has 1 fully saturated rings. The first-order valence-electron chi connectivity index (χ1n) is 7.05. The van der Waals surface area contributed by atoms with E-state index in [1.807, 2.05) is 32.0 Å². The minimum Gasteiger partial charge on any atom is -0.491 e. The minimum absolute atomic E-state index is 0.0385. The van der Waals surface area contributed by atoms with Crippen LogP contribution in [0.1, 0.15) is 27.2 Å². The fourth-order valence-electron chi connectivity index (χ4n) is 2.38. The predicted molar refractivity (Wildman–Crippen MR) is 81.1 cm³/mol. The molecule has 1 amide bonds. The van der Waals surface area contributed by atoms with Gasteiger partial charge in [-0.1, -0.05) is 6.92 Å². The zero-order valence-corrected chi connectivity index (χ0v) is 12.4. The molecule has 3 N–H and O–H groups in total. The Labute approximate surface area is 120 Å². The van der Waals surface area contributed by atoms with Gasteiger partial charge in [0, 0.05) is 24.8 Å². The fourth-order valence-corrected chi connectivity index (χ4v) is 2.38. The number of amides is 1. The minimum atomic E-state index is -0.573. The number of hydrogen-bond acceptors (Lipinski definition) is 4. The van der Waals surface area contributed by atoms with E-state index in [4.69, 9.17) is 10.5 Å². The number of nitrogens with one attached hydrogen (secondary N) is 1. The van der Waals surface area contributed by atoms with E-state index in [2.05, 4.69) is 17.1 Å². The molecule has 1 aromatic rings. The molecule has 5 heteroatoms. The highest BCUT2D eigenvalue weighted by atomic mass is 16.5. The summed E-state index contributed by atoms with van der Waals surface area (Å²) in [6, 6.07) is 5.70. The standard InChI is InChI=1S/C15H23N3O2/c1-4-9-20-13-10-11(5-6-12(13)16)18-8-7-17-14(19)15(18,2)3/h5-6,10H,4,7-9,16H2,1-3H3,(H,17,19). The highest BCUT2D eigenvalue weighted by Gasteiger charge is 2.37. The van der Waals surface area contributed by atoms with Gasteiger partial charge in [0.25, 0.3) is 0 Å². The van der Waals surface area contributed by atoms with E-state index in [0.29, 0.717) is 24.6 Å². The molecule has 0 radical (unpaired) electrons. The van der Waals surface area contributed by atoms with Gasteiger partial charge in [0.2, 0.25) is 5.91 Å². The number of carbonyl (C=O) groups excluding carboxylic acids is 1. The zero-order valence-electron chi connectivity index (χ0n) is 12.4. The van der Waals surface area contributed by atoms with Gasteiger partial charge in [-0.15, -0.1) is 0 Å². The number of anilines is 2. The van der Waals surface area contributed by atoms with Crippen molar-refractivity contribution in [3.05, 3.63) is 18.2 Å². The van der Waals surface area contributed by atoms with E-state index in [-0.39, 0.29) is 5.91 Å². The van der Waals surface area contributed by atoms with Crippen LogP contribution in [0.25, 0.3) is 0 Å². The largest absolute Gasteiger partial charge is 0.491 e. The summed E-state index contributed by atoms with van der Waals surface area (Å²) in [5, 5.41) is 2.90. The molecule has 1 aliphatic rings. The van der Waals surface area contributed by atoms with Crippen molar-refractivity contribution in [2.45, 2.75) is 32.7 Å². The number of piperazine rings is 1. The van der Waals surface area contributed by atoms with Crippen LogP contribution in [0.4, 0.5) is 11.4 Å². The highest BCUT2D eigenvalue weighted by Crippen LogP contribution is 2.32. The third-order valence-corrected chi connectivity index (χ3v) is 3.62. The Morgan fingerprint density at radius 2 is 2.20 bits per heavy atom. The van der Waals surface area contributed by atoms with Gasteiger partial charge in [0.1, 0.15) is 11.3 Å². The van der Waals surface area contributed by atoms with E-state index in [9.17, 15) is 4.79 Å². The summed E-state index contributed by atoms with van der Waals surface area (Å²) in [6.45, 7) is 7.96. The van der Waals surface area contributed by atoms with Gasteiger partial charge in [-0.05, 0) is 32.4 Å². The average molecular weight is 277 g/mol. The van der Waals surface area contributed by atoms with Crippen molar-refractivity contribution in [3.8, 4) is 5.75 Å². The van der Waals surface area contributed by atoms with Crippen LogP contribution in [0.15, 0.2) is 18.2 Å². The van der Waals surface area contributed by atoms with Gasteiger partial charge in [0.15, 0.2) is 0 Å². The van der Waals surface area contributed by atoms with Gasteiger partial charge < -0.3 is 20.7 Å². The van der Waals surface area contributed by atoms with Crippen LogP contribution in [0.3, 0.4) is 0 Å². The average Bonchev–Trinajstić information content (AvgIpc) is 2.41. The first-order valence-corrected chi connectivity index (χ1v) is 7.05. The molecular formula is C15H23N3O2. The Kier molecular flexibility index (Phi) is 4.06. The second-order valence-electron chi connectivity index (χ2n) is 5.54. The van der Waals surface area contributed by atoms with Gasteiger partial charge >= 0.3 is 0 Å². The molecule has 0 unspecified atom stereocenters. The molecule has 0 saturated carbocycles. The molecule has 2 rings (SSSR count). The van der Waals surface area contributed by atoms with Crippen molar-refractivity contribution in [3.63, 3.8) is 0 Å². The fraction of sp³-hybridized carbons (Fsp3) is 0.533. The molecule has 0 atom stereocenters. The number of carbonyl (C=O) groups is 1. The second kappa shape index (κ2) is 5.61. The molecule has 5 nitrogen and oxygen atoms in total. The second-order valence-corrected chi connectivity index (χ2v) is 5.54. The van der Waals surface area contributed by atoms with E-state index in [0.717, 1.165) is 18.7 Å². The molecule has 0 aliphatic carbocycles. The number of hydrogen-bond donors (Lipinski definition) is 2. The first-order chi connectivity index (χ1) is 9.46. The summed E-state index contributed by atoms with van der Waals surface area (Å²) in [4.78, 5) is 14.1. The van der Waals surface area contributed by atoms with Crippen molar-refractivity contribution in [2.75, 3.05) is 30.3 Å². The molecule has 110 valence electrons. The molecule has 20 heavy (non-hydrogen) atoms. The first kappa shape index (κ1) is 14.5. The lowest BCUT2D eigenvalue weighted by Crippen LogP contribution is -2.62. The van der Waals surface area contributed by atoms with Gasteiger partial charge in [-0.3, -0.25) is 4.79 Å². The van der Waals surface area contributed by atoms with Crippen molar-refractivity contribution < 1.29 is 9.53 Å². The monoisotopic (exact) mass is 277 g/mol. The molecule has 0 spiro atoms. The Bertz CT molecular complexity index is 500. The van der Waals surface area contributed by atoms with Gasteiger partial charge in [0.05, 0.1) is 12.3 Å². The number of nitrogens with zero attached hydrogens (tertiary/aromatic N) is 1. The number of benzene rings is 1. The SMILES string of the molecule is CCCOc1cc(N2CCNC(=O)C2(C)C)ccc1N. The van der Waals surface area contributed by atoms with Crippen LogP contribution >= 0.6 is 0 Å². The van der Waals surface area contributed by atoms with Crippen LogP contribution in [0.2, 0.25) is 0 Å². The van der Waals surface area contributed by atoms with Crippen molar-refractivity contribution in [1.82, 2.24) is 5.32 Å². The van der Waals surface area contributed by atoms with Crippen molar-refractivity contribution in [2.24, 2.45) is 0 Å². The van der Waals surface area contributed by atoms with Crippen LogP contribution < -0.4 is 20.7 Å². The quantitative estimate of drug-likeness (QED) is 0.823. The number of ether oxygens (including phenoxy) is 1. The van der Waals surface area contributed by atoms with Gasteiger partial charge in [-0.25, -0.2) is 0 Å². The molecule has 1 aromatic carbocycles. The summed E-state index contributed by atoms with van der Waals surface area (Å²) in [6.07, 6.45) is 0.932. The third kappa shape index (κ3) is 2.66. The predicted octanol–water partition coefficient (Wildman–Crippen LogP) is 1.77. The third-order valence-electron chi connectivity index (χ3n) is 3.62. The smallest absolute Gasteiger partial charge is 0.245 e. The maximum atomic E-state index is 12.0. The summed E-state index contributed by atoms with van der Waals surface area (Å²) < 4.78 is 5.66. The van der Waals surface area contributed by atoms with Crippen LogP contribution in [0, 0.1) is 0 Å². The van der Waals surface area contributed by atoms with E-state index in [1.165, 1.54) is 0 Å². The lowest BCUT2D eigenvalue weighted by molar-refractivity contribution is -0.126. The van der Waals surface area contributed by atoms with Crippen molar-refractivity contribution in [1.29, 1.82) is 0 Å². The van der Waals surface area contributed by atoms with E-state index < -0.39 is 5.54 Å². The number of rotatable bonds is 4. The molecule has 1 heterocycles. The molecular weight excluding hydrogens is 254 g/mol. The van der Waals surface area contributed by atoms with Crippen LogP contribution in [-0.2, 0) is 4.79 Å². The van der Waals surface area contributed by atoms with Gasteiger partial charge in [-0.2, -0.15) is 0 Å². The maximum absolute atomic E-state index is 12.0. The van der Waals surface area contributed by atoms with E-state index in [1.54, 1.807) is 0 Å². The summed E-state index contributed by atoms with van der Waals surface area (Å²) in [5.41, 5.74) is 6.95. The summed E-state index contributed by atoms with van der Waals surface area (Å²) >= 11 is 0.